The zero-order chi connectivity index (χ0) is 93.1. The summed E-state index contributed by atoms with van der Waals surface area (Å²) in [6.07, 6.45) is -13.9. The molecule has 0 spiro atoms. The number of nitrogens with zero attached hydrogens (tertiary/aromatic N) is 4. The van der Waals surface area contributed by atoms with Crippen LogP contribution in [0.2, 0.25) is 0 Å². The standard InChI is InChI=1S/C44H77N3O15.C41H77N3O13.CH2O3.2K.H/c1-16-31-44(11)37(61-41(50)62-44)25(4)33(46-51)23(2)21-42(9,52-14)36(60-40-35(57-29(8)48)30(47(12)13)20-24(3)55-40)26(5)34(27(6)39(49)58-31)59-32-22-43(10,53-15)38(28(7)56-32)54-19-17-18-45;1-15-29-41(10,48)34(46)24(4)31(43-49)22(2)20-39(8,50-13)35(57-38-32(45)28(44(11)12)19-23(3)53-38)25(5)33(26(6)37(47)55-29)56-30-21-40(9,51-14)36(27(7)54-30)52-18-16-17-42;2-1-4-3;;;/h23-28,30-32,34-38,40,51H,16-22,45H2,1-15H3;22-30,32-36,38,45-46,48-49H,15-21,42H2,1-14H3;1,3H;;;/q;;;2*+1;-1/p-1/b46-33+;43-31+;;;;/t23-,24-,25+,26+,27-,28+,30+,31-,32+,34+,35-,36-,37-,38+,40+,42-,43-,44-;22-,23-,24+,25+,26-,27+,28+,29-,30+,32-,33+,34-,35-,36+,38+,39-,40-,41-;;;;/m11..../s1. The summed E-state index contributed by atoms with van der Waals surface area (Å²) < 4.78 is 121. The smallest absolute Gasteiger partial charge is 1.00 e. The minimum atomic E-state index is -1.93. The van der Waals surface area contributed by atoms with Crippen LogP contribution in [-0.2, 0) is 114 Å². The maximum atomic E-state index is 14.7. The monoisotopic (exact) mass is 1850 g/mol. The van der Waals surface area contributed by atoms with Crippen LogP contribution in [0.4, 0.5) is 4.79 Å². The number of rotatable bonds is 26. The predicted octanol–water partition coefficient (Wildman–Crippen LogP) is 0.456. The van der Waals surface area contributed by atoms with Crippen molar-refractivity contribution in [1.82, 2.24) is 9.80 Å². The van der Waals surface area contributed by atoms with E-state index in [1.165, 1.54) is 13.8 Å². The van der Waals surface area contributed by atoms with Crippen molar-refractivity contribution in [2.45, 2.75) is 378 Å². The van der Waals surface area contributed by atoms with Gasteiger partial charge in [0.25, 0.3) is 6.47 Å². The van der Waals surface area contributed by atoms with E-state index >= 15 is 0 Å². The molecule has 0 saturated carbocycles. The average Bonchev–Trinajstić information content (AvgIpc) is 1.44. The van der Waals surface area contributed by atoms with E-state index in [4.69, 9.17) is 112 Å². The molecule has 7 saturated heterocycles. The number of oxime groups is 2. The molecule has 0 amide bonds. The number of likely N-dealkylation sites (N-methyl/N-ethyl adjacent to an activating group) is 2. The molecule has 9 N–H and O–H groups in total. The number of hydrogen-bond donors (Lipinski definition) is 7. The number of carbonyl (C=O) groups excluding carboxylic acids is 5. The quantitative estimate of drug-likeness (QED) is 0.00904. The molecule has 0 bridgehead atoms. The molecule has 7 aliphatic rings. The van der Waals surface area contributed by atoms with Crippen molar-refractivity contribution in [3.8, 4) is 0 Å². The van der Waals surface area contributed by atoms with Gasteiger partial charge in [-0.25, -0.2) is 4.79 Å². The van der Waals surface area contributed by atoms with Crippen LogP contribution in [-0.4, -0.2) is 329 Å². The molecule has 37 nitrogen and oxygen atoms in total. The number of nitrogens with two attached hydrogens (primary N) is 2. The minimum Gasteiger partial charge on any atom is -1.00 e. The maximum absolute atomic E-state index is 14.7. The van der Waals surface area contributed by atoms with Gasteiger partial charge in [-0.05, 0) is 176 Å². The number of ether oxygens (including phenoxy) is 19. The first kappa shape index (κ1) is 118. The fraction of sp³-hybridized carbons (Fsp3) is 0.919. The summed E-state index contributed by atoms with van der Waals surface area (Å²) in [5.74, 6) is -7.84. The average molecular weight is 1850 g/mol. The molecule has 0 aromatic rings. The summed E-state index contributed by atoms with van der Waals surface area (Å²) in [7, 11) is 13.9. The van der Waals surface area contributed by atoms with Gasteiger partial charge in [0.05, 0.1) is 107 Å². The zero-order valence-corrected chi connectivity index (χ0v) is 86.8. The van der Waals surface area contributed by atoms with Gasteiger partial charge >= 0.3 is 127 Å². The zero-order valence-electron chi connectivity index (χ0n) is 81.6. The Hall–Kier alpha value is -1.52. The predicted molar refractivity (Wildman–Crippen MR) is 446 cm³/mol. The molecule has 0 unspecified atom stereocenters. The van der Waals surface area contributed by atoms with Gasteiger partial charge in [-0.1, -0.05) is 65.7 Å². The van der Waals surface area contributed by atoms with Crippen molar-refractivity contribution in [2.75, 3.05) is 82.9 Å². The van der Waals surface area contributed by atoms with Gasteiger partial charge in [-0.2, -0.15) is 0 Å². The Kier molecular flexibility index (Phi) is 49.5. The molecule has 0 radical (unpaired) electrons. The van der Waals surface area contributed by atoms with Gasteiger partial charge in [0.1, 0.15) is 36.1 Å². The van der Waals surface area contributed by atoms with Gasteiger partial charge in [-0.15, -0.1) is 0 Å². The van der Waals surface area contributed by atoms with Crippen molar-refractivity contribution in [1.29, 1.82) is 0 Å². The molecule has 7 aliphatic heterocycles. The minimum absolute atomic E-state index is 0. The first-order chi connectivity index (χ1) is 57.5. The summed E-state index contributed by atoms with van der Waals surface area (Å²) >= 11 is 0. The molecule has 0 aromatic carbocycles. The summed E-state index contributed by atoms with van der Waals surface area (Å²) in [5.41, 5.74) is 4.46. The van der Waals surface area contributed by atoms with E-state index < -0.39 is 216 Å². The van der Waals surface area contributed by atoms with E-state index in [1.54, 1.807) is 70.0 Å². The second-order valence-electron chi connectivity index (χ2n) is 36.7. The van der Waals surface area contributed by atoms with Crippen molar-refractivity contribution in [3.63, 3.8) is 0 Å². The SMILES string of the molecule is CC[C@H]1OC(=O)[C@H](C)[C@@H](O[C@H]2C[C@@](C)(OC)[C@@H](OCCCN)[C@H](C)O2)[C@H](C)[C@@H](O[C@@H]2O[C@H](C)C[C@H](N(C)C)[C@H]2O)[C@](C)(OC)C[C@@H](C)/C(=N\O)[C@H](C)[C@@H](O)[C@]1(C)O.CC[C@H]1OC(=O)[C@H](C)[C@@H](O[C@H]2C[C@@](C)(OC)[C@@H](OCCCN)[C@H](C)O2)[C@H](C)[C@@H](O[C@@H]2O[C@H](C)C[C@H](N(C)C)[C@H]2OC(C)=O)[C@](C)(OC)C[C@@H](C)/C(=N\O)[C@H](C)[C@H]2OC(=O)O[C@@]21C.O=CO[O-].[H-].[K+].[K+]. The molecular weight excluding hydrogens is 1690 g/mol. The van der Waals surface area contributed by atoms with Crippen LogP contribution < -0.4 is 119 Å². The Morgan fingerprint density at radius 1 is 0.560 bits per heavy atom. The number of aliphatic hydroxyl groups is 3. The van der Waals surface area contributed by atoms with Gasteiger partial charge < -0.3 is 149 Å². The number of cyclic esters (lactones) is 2. The number of fused-ring (bicyclic) bond motifs is 1. The molecule has 718 valence electrons. The Morgan fingerprint density at radius 3 is 1.32 bits per heavy atom. The third kappa shape index (κ3) is 29.3. The molecule has 125 heavy (non-hydrogen) atoms. The molecule has 36 atom stereocenters. The van der Waals surface area contributed by atoms with Crippen LogP contribution in [0, 0.1) is 47.3 Å². The Morgan fingerprint density at radius 2 is 0.944 bits per heavy atom. The van der Waals surface area contributed by atoms with E-state index in [1.807, 2.05) is 128 Å². The van der Waals surface area contributed by atoms with E-state index in [0.29, 0.717) is 57.7 Å². The van der Waals surface area contributed by atoms with E-state index in [9.17, 15) is 44.9 Å². The Labute approximate surface area is 828 Å². The van der Waals surface area contributed by atoms with Crippen molar-refractivity contribution in [2.24, 2.45) is 69.1 Å². The first-order valence-electron chi connectivity index (χ1n) is 43.6. The second-order valence-corrected chi connectivity index (χ2v) is 36.7. The Balaban J connectivity index is 0.000000802. The third-order valence-electron chi connectivity index (χ3n) is 26.8. The van der Waals surface area contributed by atoms with E-state index in [2.05, 4.69) is 15.2 Å². The normalized spacial score (nSPS) is 43.3. The van der Waals surface area contributed by atoms with Crippen LogP contribution in [0.15, 0.2) is 10.3 Å². The van der Waals surface area contributed by atoms with E-state index in [0.717, 1.165) is 0 Å². The van der Waals surface area contributed by atoms with Crippen LogP contribution >= 0.6 is 0 Å². The van der Waals surface area contributed by atoms with Crippen molar-refractivity contribution in [3.05, 3.63) is 0 Å². The number of methoxy groups -OCH3 is 4. The number of esters is 3. The Bertz CT molecular complexity index is 3340. The molecule has 0 aliphatic carbocycles. The maximum Gasteiger partial charge on any atom is 1.00 e. The van der Waals surface area contributed by atoms with Crippen LogP contribution in [0.25, 0.3) is 0 Å². The second kappa shape index (κ2) is 52.5. The van der Waals surface area contributed by atoms with Crippen molar-refractivity contribution < 1.29 is 254 Å². The topological polar surface area (TPSA) is 477 Å². The van der Waals surface area contributed by atoms with E-state index in [-0.39, 0.29) is 179 Å². The van der Waals surface area contributed by atoms with Gasteiger partial charge in [0.2, 0.25) is 0 Å². The van der Waals surface area contributed by atoms with Gasteiger partial charge in [0, 0.05) is 103 Å². The number of aliphatic hydroxyl groups excluding tert-OH is 2. The summed E-state index contributed by atoms with van der Waals surface area (Å²) in [6, 6.07) is -0.552. The first-order valence-corrected chi connectivity index (χ1v) is 43.6. The summed E-state index contributed by atoms with van der Waals surface area (Å²) in [5, 5.41) is 72.1. The van der Waals surface area contributed by atoms with Gasteiger partial charge in [0.15, 0.2) is 43.0 Å². The molecule has 7 fully saturated rings. The van der Waals surface area contributed by atoms with Crippen LogP contribution in [0.1, 0.15) is 211 Å². The number of hydrogen-bond acceptors (Lipinski definition) is 37. The summed E-state index contributed by atoms with van der Waals surface area (Å²) in [6.45, 7) is 39.2. The van der Waals surface area contributed by atoms with Crippen molar-refractivity contribution >= 4 is 42.0 Å². The van der Waals surface area contributed by atoms with Crippen LogP contribution in [0.3, 0.4) is 0 Å². The number of carbonyl (C=O) groups is 5. The molecule has 7 rings (SSSR count). The van der Waals surface area contributed by atoms with Gasteiger partial charge in [-0.3, -0.25) is 19.2 Å². The molecule has 39 heteroatoms. The van der Waals surface area contributed by atoms with Crippen LogP contribution in [0.5, 0.6) is 0 Å². The largest absolute Gasteiger partial charge is 1.00 e. The third-order valence-corrected chi connectivity index (χ3v) is 26.8. The summed E-state index contributed by atoms with van der Waals surface area (Å²) in [4.78, 5) is 69.9. The molecule has 0 aromatic heterocycles. The molecule has 7 heterocycles. The fourth-order valence-electron chi connectivity index (χ4n) is 19.7. The molecular formula is C86H156K2N6O31. The fourth-order valence-corrected chi connectivity index (χ4v) is 19.7.